The third-order valence-electron chi connectivity index (χ3n) is 2.85. The number of hydrogen-bond donors (Lipinski definition) is 1. The number of aryl methyl sites for hydroxylation is 3. The number of aromatic nitrogens is 2. The van der Waals surface area contributed by atoms with E-state index >= 15 is 0 Å². The van der Waals surface area contributed by atoms with E-state index in [9.17, 15) is 9.90 Å². The SMILES string of the molecule is Cc1ccc(Oc2c(C#N)c(C)nn2C)c(C(=O)O)c1. The maximum atomic E-state index is 11.2. The molecule has 1 aromatic heterocycles. The summed E-state index contributed by atoms with van der Waals surface area (Å²) in [7, 11) is 1.64. The van der Waals surface area contributed by atoms with Crippen molar-refractivity contribution in [1.82, 2.24) is 9.78 Å². The summed E-state index contributed by atoms with van der Waals surface area (Å²) in [4.78, 5) is 11.2. The van der Waals surface area contributed by atoms with Crippen LogP contribution in [0.5, 0.6) is 11.6 Å². The first-order valence-electron chi connectivity index (χ1n) is 5.89. The van der Waals surface area contributed by atoms with Crippen LogP contribution >= 0.6 is 0 Å². The molecule has 2 rings (SSSR count). The van der Waals surface area contributed by atoms with E-state index in [1.54, 1.807) is 33.0 Å². The smallest absolute Gasteiger partial charge is 0.339 e. The lowest BCUT2D eigenvalue weighted by Gasteiger charge is -2.09. The van der Waals surface area contributed by atoms with Crippen molar-refractivity contribution in [3.63, 3.8) is 0 Å². The third-order valence-corrected chi connectivity index (χ3v) is 2.85. The number of hydrogen-bond acceptors (Lipinski definition) is 4. The van der Waals surface area contributed by atoms with E-state index in [1.807, 2.05) is 6.07 Å². The van der Waals surface area contributed by atoms with Crippen molar-refractivity contribution in [3.05, 3.63) is 40.6 Å². The van der Waals surface area contributed by atoms with Crippen LogP contribution in [0, 0.1) is 25.2 Å². The molecular weight excluding hydrogens is 258 g/mol. The normalized spacial score (nSPS) is 10.1. The molecule has 6 heteroatoms. The zero-order valence-electron chi connectivity index (χ0n) is 11.3. The van der Waals surface area contributed by atoms with Crippen LogP contribution in [0.25, 0.3) is 0 Å². The summed E-state index contributed by atoms with van der Waals surface area (Å²) in [6.07, 6.45) is 0. The highest BCUT2D eigenvalue weighted by Crippen LogP contribution is 2.29. The van der Waals surface area contributed by atoms with Crippen molar-refractivity contribution >= 4 is 5.97 Å². The Hall–Kier alpha value is -2.81. The third kappa shape index (κ3) is 2.34. The van der Waals surface area contributed by atoms with Gasteiger partial charge >= 0.3 is 5.97 Å². The number of benzene rings is 1. The number of nitrogens with zero attached hydrogens (tertiary/aromatic N) is 3. The molecule has 2 aromatic rings. The molecule has 0 aliphatic heterocycles. The van der Waals surface area contributed by atoms with Gasteiger partial charge in [0.05, 0.1) is 5.69 Å². The van der Waals surface area contributed by atoms with Crippen molar-refractivity contribution in [1.29, 1.82) is 5.26 Å². The van der Waals surface area contributed by atoms with E-state index in [1.165, 1.54) is 10.7 Å². The molecule has 1 aromatic carbocycles. The number of rotatable bonds is 3. The zero-order chi connectivity index (χ0) is 14.9. The molecular formula is C14H13N3O3. The molecule has 0 spiro atoms. The fraction of sp³-hybridized carbons (Fsp3) is 0.214. The van der Waals surface area contributed by atoms with Crippen LogP contribution in [-0.2, 0) is 7.05 Å². The molecule has 0 bridgehead atoms. The van der Waals surface area contributed by atoms with Crippen LogP contribution in [0.4, 0.5) is 0 Å². The highest BCUT2D eigenvalue weighted by Gasteiger charge is 2.18. The van der Waals surface area contributed by atoms with Crippen LogP contribution in [0.15, 0.2) is 18.2 Å². The van der Waals surface area contributed by atoms with Crippen molar-refractivity contribution in [3.8, 4) is 17.7 Å². The highest BCUT2D eigenvalue weighted by molar-refractivity contribution is 5.91. The van der Waals surface area contributed by atoms with Crippen LogP contribution in [0.2, 0.25) is 0 Å². The van der Waals surface area contributed by atoms with Crippen molar-refractivity contribution < 1.29 is 14.6 Å². The molecule has 102 valence electrons. The summed E-state index contributed by atoms with van der Waals surface area (Å²) < 4.78 is 7.01. The first-order chi connectivity index (χ1) is 9.43. The number of aromatic carboxylic acids is 1. The number of carboxylic acids is 1. The summed E-state index contributed by atoms with van der Waals surface area (Å²) in [5.41, 5.74) is 1.70. The molecule has 0 aliphatic rings. The predicted octanol–water partition coefficient (Wildman–Crippen LogP) is 2.40. The number of nitriles is 1. The number of ether oxygens (including phenoxy) is 1. The Kier molecular flexibility index (Phi) is 3.44. The summed E-state index contributed by atoms with van der Waals surface area (Å²) >= 11 is 0. The fourth-order valence-corrected chi connectivity index (χ4v) is 1.89. The van der Waals surface area contributed by atoms with Gasteiger partial charge in [-0.05, 0) is 26.0 Å². The van der Waals surface area contributed by atoms with E-state index in [0.29, 0.717) is 11.3 Å². The molecule has 1 heterocycles. The Morgan fingerprint density at radius 1 is 1.45 bits per heavy atom. The largest absolute Gasteiger partial charge is 0.478 e. The van der Waals surface area contributed by atoms with Crippen molar-refractivity contribution in [2.45, 2.75) is 13.8 Å². The zero-order valence-corrected chi connectivity index (χ0v) is 11.3. The molecule has 0 fully saturated rings. The lowest BCUT2D eigenvalue weighted by molar-refractivity contribution is 0.0694. The molecule has 6 nitrogen and oxygen atoms in total. The first kappa shape index (κ1) is 13.6. The minimum atomic E-state index is -1.08. The quantitative estimate of drug-likeness (QED) is 0.926. The van der Waals surface area contributed by atoms with E-state index in [-0.39, 0.29) is 17.2 Å². The lowest BCUT2D eigenvalue weighted by atomic mass is 10.1. The van der Waals surface area contributed by atoms with Gasteiger partial charge in [-0.3, -0.25) is 0 Å². The van der Waals surface area contributed by atoms with Crippen molar-refractivity contribution in [2.75, 3.05) is 0 Å². The average Bonchev–Trinajstić information content (AvgIpc) is 2.65. The lowest BCUT2D eigenvalue weighted by Crippen LogP contribution is -2.03. The maximum absolute atomic E-state index is 11.2. The molecule has 20 heavy (non-hydrogen) atoms. The second-order valence-electron chi connectivity index (χ2n) is 4.41. The summed E-state index contributed by atoms with van der Waals surface area (Å²) in [6.45, 7) is 3.49. The van der Waals surface area contributed by atoms with Crippen LogP contribution in [-0.4, -0.2) is 20.9 Å². The van der Waals surface area contributed by atoms with E-state index in [0.717, 1.165) is 5.56 Å². The van der Waals surface area contributed by atoms with E-state index in [4.69, 9.17) is 10.00 Å². The van der Waals surface area contributed by atoms with Crippen molar-refractivity contribution in [2.24, 2.45) is 7.05 Å². The first-order valence-corrected chi connectivity index (χ1v) is 5.89. The minimum absolute atomic E-state index is 0.0488. The molecule has 0 saturated carbocycles. The monoisotopic (exact) mass is 271 g/mol. The van der Waals surface area contributed by atoms with Gasteiger partial charge in [-0.1, -0.05) is 11.6 Å². The summed E-state index contributed by atoms with van der Waals surface area (Å²) in [5, 5.41) is 22.4. The number of carbonyl (C=O) groups is 1. The average molecular weight is 271 g/mol. The Bertz CT molecular complexity index is 726. The van der Waals surface area contributed by atoms with Gasteiger partial charge < -0.3 is 9.84 Å². The Balaban J connectivity index is 2.51. The molecule has 0 saturated heterocycles. The summed E-state index contributed by atoms with van der Waals surface area (Å²) in [5.74, 6) is -0.667. The van der Waals surface area contributed by atoms with E-state index in [2.05, 4.69) is 5.10 Å². The highest BCUT2D eigenvalue weighted by atomic mass is 16.5. The van der Waals surface area contributed by atoms with Crippen LogP contribution in [0.3, 0.4) is 0 Å². The summed E-state index contributed by atoms with van der Waals surface area (Å²) in [6, 6.07) is 6.85. The fourth-order valence-electron chi connectivity index (χ4n) is 1.89. The Morgan fingerprint density at radius 3 is 2.75 bits per heavy atom. The van der Waals surface area contributed by atoms with Gasteiger partial charge in [0.1, 0.15) is 22.9 Å². The maximum Gasteiger partial charge on any atom is 0.339 e. The molecule has 0 amide bonds. The van der Waals surface area contributed by atoms with Gasteiger partial charge in [0.2, 0.25) is 5.88 Å². The number of carboxylic acid groups (broad SMARTS) is 1. The van der Waals surface area contributed by atoms with Gasteiger partial charge in [-0.25, -0.2) is 9.48 Å². The van der Waals surface area contributed by atoms with Crippen LogP contribution < -0.4 is 4.74 Å². The molecule has 0 aliphatic carbocycles. The Morgan fingerprint density at radius 2 is 2.15 bits per heavy atom. The van der Waals surface area contributed by atoms with Gasteiger partial charge in [0.15, 0.2) is 0 Å². The van der Waals surface area contributed by atoms with Gasteiger partial charge in [0.25, 0.3) is 0 Å². The molecule has 1 N–H and O–H groups in total. The standard InChI is InChI=1S/C14H13N3O3/c1-8-4-5-12(10(6-8)14(18)19)20-13-11(7-15)9(2)16-17(13)3/h4-6H,1-3H3,(H,18,19). The van der Waals surface area contributed by atoms with Crippen LogP contribution in [0.1, 0.15) is 27.2 Å². The topological polar surface area (TPSA) is 88.1 Å². The molecule has 0 radical (unpaired) electrons. The second-order valence-corrected chi connectivity index (χ2v) is 4.41. The molecule has 0 unspecified atom stereocenters. The predicted molar refractivity (Wildman–Crippen MR) is 70.9 cm³/mol. The Labute approximate surface area is 115 Å². The second kappa shape index (κ2) is 5.05. The van der Waals surface area contributed by atoms with Gasteiger partial charge in [0, 0.05) is 7.05 Å². The van der Waals surface area contributed by atoms with Gasteiger partial charge in [-0.2, -0.15) is 10.4 Å². The molecule has 0 atom stereocenters. The van der Waals surface area contributed by atoms with Gasteiger partial charge in [-0.15, -0.1) is 0 Å². The minimum Gasteiger partial charge on any atom is -0.478 e. The van der Waals surface area contributed by atoms with E-state index < -0.39 is 5.97 Å².